The predicted molar refractivity (Wildman–Crippen MR) is 78.8 cm³/mol. The van der Waals surface area contributed by atoms with Gasteiger partial charge < -0.3 is 10.1 Å². The van der Waals surface area contributed by atoms with Crippen LogP contribution in [0.4, 0.5) is 0 Å². The second kappa shape index (κ2) is 6.91. The highest BCUT2D eigenvalue weighted by atomic mass is 16.5. The van der Waals surface area contributed by atoms with Crippen molar-refractivity contribution in [3.8, 4) is 0 Å². The molecule has 0 radical (unpaired) electrons. The smallest absolute Gasteiger partial charge is 0.0666 e. The van der Waals surface area contributed by atoms with Gasteiger partial charge in [0, 0.05) is 12.6 Å². The summed E-state index contributed by atoms with van der Waals surface area (Å²) in [7, 11) is 0. The molecule has 1 heterocycles. The Bertz CT molecular complexity index is 231. The van der Waals surface area contributed by atoms with Crippen molar-refractivity contribution >= 4 is 0 Å². The van der Waals surface area contributed by atoms with Crippen LogP contribution in [0.5, 0.6) is 0 Å². The lowest BCUT2D eigenvalue weighted by atomic mass is 9.84. The third-order valence-electron chi connectivity index (χ3n) is 4.70. The Morgan fingerprint density at radius 2 is 1.83 bits per heavy atom. The minimum atomic E-state index is 0.0983. The summed E-state index contributed by atoms with van der Waals surface area (Å²) >= 11 is 0. The molecule has 1 N–H and O–H groups in total. The minimum absolute atomic E-state index is 0.0983. The van der Waals surface area contributed by atoms with Crippen LogP contribution in [-0.4, -0.2) is 24.8 Å². The van der Waals surface area contributed by atoms with Crippen molar-refractivity contribution in [2.75, 3.05) is 13.2 Å². The van der Waals surface area contributed by atoms with Gasteiger partial charge in [0.1, 0.15) is 0 Å². The number of rotatable bonds is 6. The van der Waals surface area contributed by atoms with Crippen molar-refractivity contribution < 1.29 is 4.74 Å². The molecule has 0 aromatic rings. The first-order valence-electron chi connectivity index (χ1n) is 7.75. The van der Waals surface area contributed by atoms with Crippen LogP contribution in [0.25, 0.3) is 0 Å². The average Bonchev–Trinajstić information content (AvgIpc) is 2.28. The first-order chi connectivity index (χ1) is 8.38. The van der Waals surface area contributed by atoms with Gasteiger partial charge in [0.15, 0.2) is 0 Å². The van der Waals surface area contributed by atoms with Gasteiger partial charge in [-0.2, -0.15) is 0 Å². The van der Waals surface area contributed by atoms with Crippen molar-refractivity contribution in [1.82, 2.24) is 5.32 Å². The molecule has 2 heteroatoms. The van der Waals surface area contributed by atoms with E-state index in [0.717, 1.165) is 43.7 Å². The lowest BCUT2D eigenvalue weighted by molar-refractivity contribution is -0.0785. The highest BCUT2D eigenvalue weighted by molar-refractivity contribution is 4.86. The van der Waals surface area contributed by atoms with Crippen LogP contribution < -0.4 is 5.32 Å². The zero-order valence-electron chi connectivity index (χ0n) is 13.3. The summed E-state index contributed by atoms with van der Waals surface area (Å²) in [5.41, 5.74) is 0.0983. The largest absolute Gasteiger partial charge is 0.375 e. The van der Waals surface area contributed by atoms with E-state index in [1.54, 1.807) is 0 Å². The van der Waals surface area contributed by atoms with Crippen LogP contribution in [0.2, 0.25) is 0 Å². The van der Waals surface area contributed by atoms with E-state index < -0.39 is 0 Å². The molecule has 0 saturated carbocycles. The Morgan fingerprint density at radius 3 is 2.33 bits per heavy atom. The average molecular weight is 255 g/mol. The van der Waals surface area contributed by atoms with Gasteiger partial charge in [0.25, 0.3) is 0 Å². The monoisotopic (exact) mass is 255 g/mol. The fourth-order valence-corrected chi connectivity index (χ4v) is 3.09. The Balaban J connectivity index is 2.43. The summed E-state index contributed by atoms with van der Waals surface area (Å²) in [4.78, 5) is 0. The van der Waals surface area contributed by atoms with Crippen LogP contribution in [0.3, 0.4) is 0 Å². The van der Waals surface area contributed by atoms with E-state index in [0.29, 0.717) is 6.04 Å². The van der Waals surface area contributed by atoms with Crippen molar-refractivity contribution in [2.24, 2.45) is 17.8 Å². The second-order valence-corrected chi connectivity index (χ2v) is 6.90. The van der Waals surface area contributed by atoms with Gasteiger partial charge in [0.05, 0.1) is 5.60 Å². The first kappa shape index (κ1) is 16.0. The molecule has 18 heavy (non-hydrogen) atoms. The molecule has 2 unspecified atom stereocenters. The Hall–Kier alpha value is -0.0800. The molecule has 1 aliphatic heterocycles. The predicted octanol–water partition coefficient (Wildman–Crippen LogP) is 3.85. The summed E-state index contributed by atoms with van der Waals surface area (Å²) in [5.74, 6) is 2.30. The summed E-state index contributed by atoms with van der Waals surface area (Å²) < 4.78 is 5.91. The molecular formula is C16H33NO. The van der Waals surface area contributed by atoms with E-state index in [4.69, 9.17) is 4.74 Å². The van der Waals surface area contributed by atoms with Crippen LogP contribution in [0.15, 0.2) is 0 Å². The SMILES string of the molecule is CCC1(C)CC(NCC(C(C)C)C(C)C)CCO1. The quantitative estimate of drug-likeness (QED) is 0.778. The van der Waals surface area contributed by atoms with Gasteiger partial charge in [-0.3, -0.25) is 0 Å². The lowest BCUT2D eigenvalue weighted by Crippen LogP contribution is -2.47. The van der Waals surface area contributed by atoms with Crippen LogP contribution in [-0.2, 0) is 4.74 Å². The van der Waals surface area contributed by atoms with E-state index in [2.05, 4.69) is 46.9 Å². The van der Waals surface area contributed by atoms with E-state index in [1.807, 2.05) is 0 Å². The van der Waals surface area contributed by atoms with Gasteiger partial charge in [-0.25, -0.2) is 0 Å². The molecule has 1 rings (SSSR count). The van der Waals surface area contributed by atoms with Gasteiger partial charge in [-0.05, 0) is 50.5 Å². The minimum Gasteiger partial charge on any atom is -0.375 e. The summed E-state index contributed by atoms with van der Waals surface area (Å²) in [6, 6.07) is 0.642. The molecule has 0 aliphatic carbocycles. The zero-order chi connectivity index (χ0) is 13.8. The summed E-state index contributed by atoms with van der Waals surface area (Å²) in [6.07, 6.45) is 3.44. The number of hydrogen-bond acceptors (Lipinski definition) is 2. The molecule has 0 aromatic carbocycles. The maximum Gasteiger partial charge on any atom is 0.0666 e. The Morgan fingerprint density at radius 1 is 1.22 bits per heavy atom. The molecule has 2 atom stereocenters. The molecule has 0 aromatic heterocycles. The topological polar surface area (TPSA) is 21.3 Å². The third-order valence-corrected chi connectivity index (χ3v) is 4.70. The fourth-order valence-electron chi connectivity index (χ4n) is 3.09. The molecule has 0 spiro atoms. The normalized spacial score (nSPS) is 29.5. The standard InChI is InChI=1S/C16H33NO/c1-7-16(6)10-14(8-9-18-16)17-11-15(12(2)3)13(4)5/h12-15,17H,7-11H2,1-6H3. The third kappa shape index (κ3) is 4.55. The molecular weight excluding hydrogens is 222 g/mol. The molecule has 108 valence electrons. The molecule has 0 amide bonds. The Kier molecular flexibility index (Phi) is 6.13. The maximum absolute atomic E-state index is 5.91. The van der Waals surface area contributed by atoms with E-state index in [-0.39, 0.29) is 5.60 Å². The first-order valence-corrected chi connectivity index (χ1v) is 7.75. The fraction of sp³-hybridized carbons (Fsp3) is 1.00. The van der Waals surface area contributed by atoms with Crippen molar-refractivity contribution in [3.05, 3.63) is 0 Å². The second-order valence-electron chi connectivity index (χ2n) is 6.90. The van der Waals surface area contributed by atoms with Gasteiger partial charge in [0.2, 0.25) is 0 Å². The number of nitrogens with one attached hydrogen (secondary N) is 1. The summed E-state index contributed by atoms with van der Waals surface area (Å²) in [6.45, 7) is 15.9. The van der Waals surface area contributed by atoms with Crippen LogP contribution >= 0.6 is 0 Å². The van der Waals surface area contributed by atoms with Crippen LogP contribution in [0.1, 0.15) is 60.8 Å². The number of ether oxygens (including phenoxy) is 1. The van der Waals surface area contributed by atoms with Gasteiger partial charge in [-0.15, -0.1) is 0 Å². The zero-order valence-corrected chi connectivity index (χ0v) is 13.3. The maximum atomic E-state index is 5.91. The van der Waals surface area contributed by atoms with E-state index in [9.17, 15) is 0 Å². The lowest BCUT2D eigenvalue weighted by Gasteiger charge is -2.39. The van der Waals surface area contributed by atoms with Crippen molar-refractivity contribution in [1.29, 1.82) is 0 Å². The van der Waals surface area contributed by atoms with Crippen molar-refractivity contribution in [3.63, 3.8) is 0 Å². The number of hydrogen-bond donors (Lipinski definition) is 1. The summed E-state index contributed by atoms with van der Waals surface area (Å²) in [5, 5.41) is 3.79. The molecule has 1 aliphatic rings. The molecule has 2 nitrogen and oxygen atoms in total. The van der Waals surface area contributed by atoms with Crippen molar-refractivity contribution in [2.45, 2.75) is 72.4 Å². The molecule has 0 bridgehead atoms. The van der Waals surface area contributed by atoms with Gasteiger partial charge >= 0.3 is 0 Å². The van der Waals surface area contributed by atoms with Gasteiger partial charge in [-0.1, -0.05) is 34.6 Å². The van der Waals surface area contributed by atoms with E-state index >= 15 is 0 Å². The highest BCUT2D eigenvalue weighted by Crippen LogP contribution is 2.28. The Labute approximate surface area is 114 Å². The van der Waals surface area contributed by atoms with E-state index in [1.165, 1.54) is 6.42 Å². The molecule has 1 fully saturated rings. The highest BCUT2D eigenvalue weighted by Gasteiger charge is 2.31. The molecule has 1 saturated heterocycles. The van der Waals surface area contributed by atoms with Crippen LogP contribution in [0, 0.1) is 17.8 Å².